The zero-order valence-corrected chi connectivity index (χ0v) is 18.8. The van der Waals surface area contributed by atoms with Crippen LogP contribution in [0.25, 0.3) is 6.08 Å². The van der Waals surface area contributed by atoms with Crippen LogP contribution in [0, 0.1) is 5.92 Å². The molecule has 2 aliphatic rings. The first kappa shape index (κ1) is 22.0. The molecule has 29 heavy (non-hydrogen) atoms. The maximum atomic E-state index is 11.5. The highest BCUT2D eigenvalue weighted by Crippen LogP contribution is 2.41. The minimum Gasteiger partial charge on any atom is -0.500 e. The zero-order valence-electron chi connectivity index (χ0n) is 17.2. The van der Waals surface area contributed by atoms with Crippen LogP contribution in [0.2, 0.25) is 0 Å². The molecule has 4 unspecified atom stereocenters. The first-order chi connectivity index (χ1) is 13.9. The second-order valence-corrected chi connectivity index (χ2v) is 8.91. The minimum atomic E-state index is -0.462. The van der Waals surface area contributed by atoms with Crippen molar-refractivity contribution in [2.75, 3.05) is 33.7 Å². The number of esters is 1. The van der Waals surface area contributed by atoms with Gasteiger partial charge < -0.3 is 18.9 Å². The van der Waals surface area contributed by atoms with E-state index in [9.17, 15) is 4.79 Å². The van der Waals surface area contributed by atoms with Crippen molar-refractivity contribution in [2.45, 2.75) is 31.6 Å². The maximum absolute atomic E-state index is 11.5. The summed E-state index contributed by atoms with van der Waals surface area (Å²) in [5, 5.41) is 4.09. The van der Waals surface area contributed by atoms with Gasteiger partial charge in [-0.1, -0.05) is 13.0 Å². The molecule has 0 aliphatic carbocycles. The number of carbonyl (C=O) groups is 1. The lowest BCUT2D eigenvalue weighted by atomic mass is 10.0. The van der Waals surface area contributed by atoms with Crippen molar-refractivity contribution in [3.05, 3.63) is 34.0 Å². The van der Waals surface area contributed by atoms with Crippen LogP contribution >= 0.6 is 23.1 Å². The first-order valence-corrected chi connectivity index (χ1v) is 11.1. The van der Waals surface area contributed by atoms with Gasteiger partial charge in [0.1, 0.15) is 27.5 Å². The highest BCUT2D eigenvalue weighted by atomic mass is 32.2. The average Bonchev–Trinajstić information content (AvgIpc) is 3.14. The second kappa shape index (κ2) is 9.42. The number of methoxy groups -OCH3 is 3. The third-order valence-electron chi connectivity index (χ3n) is 4.87. The molecule has 3 rings (SSSR count). The molecule has 7 nitrogen and oxygen atoms in total. The molecule has 0 N–H and O–H groups in total. The monoisotopic (exact) mass is 438 g/mol. The number of ether oxygens (including phenoxy) is 4. The summed E-state index contributed by atoms with van der Waals surface area (Å²) in [6, 6.07) is 0.0865. The van der Waals surface area contributed by atoms with E-state index in [4.69, 9.17) is 24.2 Å². The van der Waals surface area contributed by atoms with Gasteiger partial charge in [0, 0.05) is 24.2 Å². The molecule has 0 spiro atoms. The van der Waals surface area contributed by atoms with Crippen molar-refractivity contribution in [3.63, 3.8) is 0 Å². The Labute approximate surface area is 179 Å². The Morgan fingerprint density at radius 1 is 1.38 bits per heavy atom. The van der Waals surface area contributed by atoms with Gasteiger partial charge >= 0.3 is 5.97 Å². The Morgan fingerprint density at radius 2 is 2.14 bits per heavy atom. The lowest BCUT2D eigenvalue weighted by Crippen LogP contribution is -2.21. The average molecular weight is 439 g/mol. The summed E-state index contributed by atoms with van der Waals surface area (Å²) >= 11 is 3.37. The fraction of sp³-hybridized carbons (Fsp3) is 0.550. The number of hydrogen-bond donors (Lipinski definition) is 0. The lowest BCUT2D eigenvalue weighted by Gasteiger charge is -2.21. The van der Waals surface area contributed by atoms with E-state index in [1.54, 1.807) is 30.2 Å². The minimum absolute atomic E-state index is 0.0865. The molecule has 1 saturated heterocycles. The summed E-state index contributed by atoms with van der Waals surface area (Å²) in [7, 11) is 4.48. The van der Waals surface area contributed by atoms with Crippen molar-refractivity contribution < 1.29 is 23.7 Å². The van der Waals surface area contributed by atoms with E-state index >= 15 is 0 Å². The van der Waals surface area contributed by atoms with Gasteiger partial charge in [0.25, 0.3) is 0 Å². The largest absolute Gasteiger partial charge is 0.500 e. The van der Waals surface area contributed by atoms with Crippen LogP contribution in [0.5, 0.6) is 0 Å². The van der Waals surface area contributed by atoms with Gasteiger partial charge in [-0.15, -0.1) is 23.1 Å². The Morgan fingerprint density at radius 3 is 2.76 bits per heavy atom. The van der Waals surface area contributed by atoms with Gasteiger partial charge in [-0.25, -0.2) is 9.78 Å². The highest BCUT2D eigenvalue weighted by molar-refractivity contribution is 8.14. The molecule has 1 aromatic heterocycles. The summed E-state index contributed by atoms with van der Waals surface area (Å²) < 4.78 is 21.1. The van der Waals surface area contributed by atoms with E-state index < -0.39 is 5.97 Å². The molecule has 0 saturated carbocycles. The Hall–Kier alpha value is -1.68. The van der Waals surface area contributed by atoms with E-state index in [-0.39, 0.29) is 23.7 Å². The predicted molar refractivity (Wildman–Crippen MR) is 115 cm³/mol. The van der Waals surface area contributed by atoms with E-state index in [0.29, 0.717) is 5.76 Å². The number of thiazole rings is 1. The lowest BCUT2D eigenvalue weighted by molar-refractivity contribution is -0.135. The molecule has 1 aromatic rings. The molecule has 0 bridgehead atoms. The second-order valence-electron chi connectivity index (χ2n) is 7.01. The van der Waals surface area contributed by atoms with Gasteiger partial charge in [-0.2, -0.15) is 0 Å². The van der Waals surface area contributed by atoms with Gasteiger partial charge in [0.15, 0.2) is 0 Å². The van der Waals surface area contributed by atoms with Crippen molar-refractivity contribution in [3.8, 4) is 0 Å². The quantitative estimate of drug-likeness (QED) is 0.253. The molecule has 0 radical (unpaired) electrons. The molecule has 158 valence electrons. The summed E-state index contributed by atoms with van der Waals surface area (Å²) in [6.07, 6.45) is 4.90. The van der Waals surface area contributed by atoms with E-state index in [0.717, 1.165) is 28.1 Å². The first-order valence-electron chi connectivity index (χ1n) is 9.25. The maximum Gasteiger partial charge on any atom is 0.333 e. The van der Waals surface area contributed by atoms with Crippen LogP contribution in [0.15, 0.2) is 28.3 Å². The summed E-state index contributed by atoms with van der Waals surface area (Å²) in [4.78, 5) is 21.0. The fourth-order valence-corrected chi connectivity index (χ4v) is 5.01. The van der Waals surface area contributed by atoms with E-state index in [2.05, 4.69) is 11.7 Å². The number of aromatic nitrogens is 1. The summed E-state index contributed by atoms with van der Waals surface area (Å²) in [5.41, 5.74) is 0.690. The number of rotatable bonds is 9. The smallest absolute Gasteiger partial charge is 0.333 e. The van der Waals surface area contributed by atoms with Crippen LogP contribution in [0.4, 0.5) is 0 Å². The Balaban J connectivity index is 1.66. The number of nitrogens with zero attached hydrogens (tertiary/aromatic N) is 2. The molecule has 3 heterocycles. The number of hydrogen-bond acceptors (Lipinski definition) is 9. The summed E-state index contributed by atoms with van der Waals surface area (Å²) in [5.74, 6) is 0.763. The van der Waals surface area contributed by atoms with Gasteiger partial charge in [0.2, 0.25) is 0 Å². The number of epoxide rings is 1. The molecule has 4 atom stereocenters. The van der Waals surface area contributed by atoms with Gasteiger partial charge in [-0.3, -0.25) is 4.99 Å². The highest BCUT2D eigenvalue weighted by Gasteiger charge is 2.47. The Kier molecular flexibility index (Phi) is 7.15. The molecular weight excluding hydrogens is 412 g/mol. The van der Waals surface area contributed by atoms with Crippen LogP contribution in [-0.4, -0.2) is 61.4 Å². The molecular formula is C20H26N2O5S2. The van der Waals surface area contributed by atoms with Crippen LogP contribution in [0.1, 0.15) is 30.6 Å². The molecule has 0 aromatic carbocycles. The SMILES string of the molecule is COC(=O)/C=C(\OC)C(C)C(/C=C/c1csc(C2CSC(C3(C)CO3)=N2)n1)OC. The normalized spacial score (nSPS) is 26.3. The van der Waals surface area contributed by atoms with E-state index in [1.165, 1.54) is 20.3 Å². The van der Waals surface area contributed by atoms with E-state index in [1.807, 2.05) is 24.5 Å². The van der Waals surface area contributed by atoms with Crippen molar-refractivity contribution in [2.24, 2.45) is 10.9 Å². The van der Waals surface area contributed by atoms with Gasteiger partial charge in [0.05, 0.1) is 38.7 Å². The third-order valence-corrected chi connectivity index (χ3v) is 7.13. The summed E-state index contributed by atoms with van der Waals surface area (Å²) in [6.45, 7) is 4.75. The fourth-order valence-electron chi connectivity index (χ4n) is 2.91. The van der Waals surface area contributed by atoms with Crippen molar-refractivity contribution >= 4 is 40.2 Å². The molecule has 1 fully saturated rings. The molecule has 2 aliphatic heterocycles. The van der Waals surface area contributed by atoms with Crippen molar-refractivity contribution in [1.82, 2.24) is 4.98 Å². The molecule has 0 amide bonds. The Bertz CT molecular complexity index is 829. The van der Waals surface area contributed by atoms with Crippen LogP contribution in [0.3, 0.4) is 0 Å². The third kappa shape index (κ3) is 5.28. The standard InChI is InChI=1S/C20H26N2O5S2/c1-12(16(25-4)8-17(23)26-5)15(24-3)7-6-13-9-28-18(21-13)14-10-29-19(22-14)20(2)11-27-20/h6-9,12,14-15H,10-11H2,1-5H3/b7-6+,16-8-. The molecule has 9 heteroatoms. The zero-order chi connectivity index (χ0) is 21.0. The number of thioether (sulfide) groups is 1. The van der Waals surface area contributed by atoms with Crippen LogP contribution in [-0.2, 0) is 23.7 Å². The van der Waals surface area contributed by atoms with Crippen LogP contribution < -0.4 is 0 Å². The number of carbonyl (C=O) groups excluding carboxylic acids is 1. The van der Waals surface area contributed by atoms with Gasteiger partial charge in [-0.05, 0) is 13.0 Å². The van der Waals surface area contributed by atoms with Crippen molar-refractivity contribution in [1.29, 1.82) is 0 Å². The predicted octanol–water partition coefficient (Wildman–Crippen LogP) is 3.49. The number of aliphatic imine (C=N–C) groups is 1. The topological polar surface area (TPSA) is 82.5 Å².